The second kappa shape index (κ2) is 6.09. The monoisotopic (exact) mass is 386 g/mol. The van der Waals surface area contributed by atoms with E-state index in [0.717, 1.165) is 17.8 Å². The highest BCUT2D eigenvalue weighted by atomic mass is 16.6. The van der Waals surface area contributed by atoms with Gasteiger partial charge in [0.25, 0.3) is 0 Å². The number of esters is 2. The summed E-state index contributed by atoms with van der Waals surface area (Å²) in [4.78, 5) is 24.6. The van der Waals surface area contributed by atoms with Crippen LogP contribution in [0, 0.1) is 46.8 Å². The average Bonchev–Trinajstić information content (AvgIpc) is 2.92. The van der Waals surface area contributed by atoms with Crippen LogP contribution in [0.15, 0.2) is 12.2 Å². The zero-order valence-electron chi connectivity index (χ0n) is 17.5. The minimum Gasteiger partial charge on any atom is -0.456 e. The Morgan fingerprint density at radius 1 is 1.04 bits per heavy atom. The molecule has 5 saturated carbocycles. The molecular weight excluding hydrogens is 352 g/mol. The number of rotatable bonds is 5. The van der Waals surface area contributed by atoms with Crippen LogP contribution < -0.4 is 0 Å². The summed E-state index contributed by atoms with van der Waals surface area (Å²) >= 11 is 0. The van der Waals surface area contributed by atoms with Gasteiger partial charge in [-0.3, -0.25) is 0 Å². The third-order valence-corrected chi connectivity index (χ3v) is 9.22. The van der Waals surface area contributed by atoms with Crippen molar-refractivity contribution in [1.29, 1.82) is 0 Å². The van der Waals surface area contributed by atoms with E-state index in [9.17, 15) is 9.59 Å². The molecule has 0 radical (unpaired) electrons. The summed E-state index contributed by atoms with van der Waals surface area (Å²) in [5.74, 6) is 3.73. The fourth-order valence-corrected chi connectivity index (χ4v) is 8.37. The van der Waals surface area contributed by atoms with Gasteiger partial charge in [0.15, 0.2) is 6.61 Å². The van der Waals surface area contributed by atoms with Gasteiger partial charge in [0.1, 0.15) is 5.60 Å². The van der Waals surface area contributed by atoms with Crippen molar-refractivity contribution in [2.45, 2.75) is 71.3 Å². The lowest BCUT2D eigenvalue weighted by atomic mass is 9.65. The van der Waals surface area contributed by atoms with E-state index in [1.165, 1.54) is 44.9 Å². The number of hydrogen-bond donors (Lipinski definition) is 0. The Hall–Kier alpha value is -1.32. The molecule has 9 unspecified atom stereocenters. The molecule has 0 N–H and O–H groups in total. The van der Waals surface area contributed by atoms with Gasteiger partial charge in [-0.15, -0.1) is 0 Å². The Kier molecular flexibility index (Phi) is 4.07. The van der Waals surface area contributed by atoms with Crippen molar-refractivity contribution in [2.24, 2.45) is 46.8 Å². The Morgan fingerprint density at radius 3 is 2.46 bits per heavy atom. The van der Waals surface area contributed by atoms with Gasteiger partial charge in [0.2, 0.25) is 0 Å². The molecular formula is C24H34O4. The Morgan fingerprint density at radius 2 is 1.82 bits per heavy atom. The summed E-state index contributed by atoms with van der Waals surface area (Å²) < 4.78 is 11.6. The van der Waals surface area contributed by atoms with E-state index in [-0.39, 0.29) is 18.2 Å². The lowest BCUT2D eigenvalue weighted by Crippen LogP contribution is -2.51. The van der Waals surface area contributed by atoms with Crippen molar-refractivity contribution < 1.29 is 19.1 Å². The summed E-state index contributed by atoms with van der Waals surface area (Å²) in [5, 5.41) is 0. The van der Waals surface area contributed by atoms with E-state index in [0.29, 0.717) is 34.7 Å². The van der Waals surface area contributed by atoms with Gasteiger partial charge in [0.05, 0.1) is 0 Å². The molecule has 0 aromatic heterocycles. The zero-order valence-corrected chi connectivity index (χ0v) is 17.5. The van der Waals surface area contributed by atoms with Crippen molar-refractivity contribution >= 4 is 11.9 Å². The molecule has 28 heavy (non-hydrogen) atoms. The maximum Gasteiger partial charge on any atom is 0.344 e. The van der Waals surface area contributed by atoms with Gasteiger partial charge in [-0.1, -0.05) is 20.4 Å². The molecule has 9 atom stereocenters. The summed E-state index contributed by atoms with van der Waals surface area (Å²) in [6.45, 7) is 9.67. The second-order valence-corrected chi connectivity index (χ2v) is 11.1. The molecule has 4 heteroatoms. The molecule has 5 rings (SSSR count). The molecule has 0 aliphatic heterocycles. The summed E-state index contributed by atoms with van der Waals surface area (Å²) in [6.07, 6.45) is 8.79. The molecule has 0 aromatic rings. The van der Waals surface area contributed by atoms with Crippen LogP contribution in [0.25, 0.3) is 0 Å². The average molecular weight is 387 g/mol. The predicted octanol–water partition coefficient (Wildman–Crippen LogP) is 4.53. The molecule has 0 amide bonds. The normalized spacial score (nSPS) is 50.2. The Labute approximate surface area is 168 Å². The maximum absolute atomic E-state index is 12.9. The van der Waals surface area contributed by atoms with E-state index in [1.54, 1.807) is 6.92 Å². The lowest BCUT2D eigenvalue weighted by Gasteiger charge is -2.47. The van der Waals surface area contributed by atoms with Crippen LogP contribution in [0.3, 0.4) is 0 Å². The van der Waals surface area contributed by atoms with Crippen LogP contribution in [0.5, 0.6) is 0 Å². The zero-order chi connectivity index (χ0) is 19.8. The first kappa shape index (κ1) is 18.7. The first-order valence-corrected chi connectivity index (χ1v) is 11.3. The van der Waals surface area contributed by atoms with Gasteiger partial charge in [-0.25, -0.2) is 9.59 Å². The molecule has 0 saturated heterocycles. The topological polar surface area (TPSA) is 52.6 Å². The van der Waals surface area contributed by atoms with Crippen LogP contribution in [-0.2, 0) is 19.1 Å². The quantitative estimate of drug-likeness (QED) is 0.515. The van der Waals surface area contributed by atoms with Gasteiger partial charge in [-0.2, -0.15) is 0 Å². The lowest BCUT2D eigenvalue weighted by molar-refractivity contribution is -0.188. The van der Waals surface area contributed by atoms with Crippen LogP contribution in [0.2, 0.25) is 0 Å². The Bertz CT molecular complexity index is 726. The fourth-order valence-electron chi connectivity index (χ4n) is 8.37. The second-order valence-electron chi connectivity index (χ2n) is 11.1. The highest BCUT2D eigenvalue weighted by molar-refractivity contribution is 5.88. The van der Waals surface area contributed by atoms with E-state index in [4.69, 9.17) is 9.47 Å². The van der Waals surface area contributed by atoms with Crippen LogP contribution >= 0.6 is 0 Å². The molecule has 4 nitrogen and oxygen atoms in total. The third-order valence-electron chi connectivity index (χ3n) is 9.22. The first-order chi connectivity index (χ1) is 13.2. The summed E-state index contributed by atoms with van der Waals surface area (Å²) in [7, 11) is 0. The van der Waals surface area contributed by atoms with Crippen molar-refractivity contribution in [3.8, 4) is 0 Å². The highest BCUT2D eigenvalue weighted by Gasteiger charge is 2.78. The number of carbonyl (C=O) groups is 2. The largest absolute Gasteiger partial charge is 0.456 e. The minimum absolute atomic E-state index is 0.285. The molecule has 0 heterocycles. The minimum atomic E-state index is -0.513. The van der Waals surface area contributed by atoms with Gasteiger partial charge >= 0.3 is 11.9 Å². The van der Waals surface area contributed by atoms with Crippen molar-refractivity contribution in [1.82, 2.24) is 0 Å². The number of carbonyl (C=O) groups excluding carboxylic acids is 2. The van der Waals surface area contributed by atoms with E-state index < -0.39 is 5.97 Å². The van der Waals surface area contributed by atoms with Crippen LogP contribution in [0.1, 0.15) is 65.7 Å². The molecule has 5 aliphatic rings. The number of hydrogen-bond acceptors (Lipinski definition) is 4. The van der Waals surface area contributed by atoms with Crippen LogP contribution in [0.4, 0.5) is 0 Å². The smallest absolute Gasteiger partial charge is 0.344 e. The first-order valence-electron chi connectivity index (χ1n) is 11.3. The molecule has 154 valence electrons. The van der Waals surface area contributed by atoms with Gasteiger partial charge in [-0.05, 0) is 81.0 Å². The van der Waals surface area contributed by atoms with Crippen molar-refractivity contribution in [3.63, 3.8) is 0 Å². The standard InChI is InChI=1S/C24H34O4/c1-13(2)22(26)27-12-21(25)28-24(19-8-16-7-17(19)6-15(16)4)18-5-14(3)9-23(10-18)11-20(23)24/h14-20H,1,5-12H2,2-4H3. The van der Waals surface area contributed by atoms with Gasteiger partial charge < -0.3 is 9.47 Å². The maximum atomic E-state index is 12.9. The molecule has 5 aliphatic carbocycles. The fraction of sp³-hybridized carbons (Fsp3) is 0.833. The van der Waals surface area contributed by atoms with Crippen molar-refractivity contribution in [3.05, 3.63) is 12.2 Å². The third kappa shape index (κ3) is 2.55. The number of fused-ring (bicyclic) bond motifs is 3. The van der Waals surface area contributed by atoms with E-state index >= 15 is 0 Å². The SMILES string of the molecule is C=C(C)C(=O)OCC(=O)OC1(C2CC3CC2CC3C)C2CC(C)CC3(C2)CC31. The number of ether oxygens (including phenoxy) is 2. The molecule has 1 spiro atoms. The van der Waals surface area contributed by atoms with Crippen molar-refractivity contribution in [2.75, 3.05) is 6.61 Å². The molecule has 0 aromatic carbocycles. The highest BCUT2D eigenvalue weighted by Crippen LogP contribution is 2.79. The summed E-state index contributed by atoms with van der Waals surface area (Å²) in [5.41, 5.74) is 0.456. The predicted molar refractivity (Wildman–Crippen MR) is 105 cm³/mol. The molecule has 5 fully saturated rings. The Balaban J connectivity index is 1.40. The summed E-state index contributed by atoms with van der Waals surface area (Å²) in [6, 6.07) is 0. The van der Waals surface area contributed by atoms with E-state index in [1.807, 2.05) is 0 Å². The van der Waals surface area contributed by atoms with Gasteiger partial charge in [0, 0.05) is 23.3 Å². The van der Waals surface area contributed by atoms with E-state index in [2.05, 4.69) is 20.4 Å². The van der Waals surface area contributed by atoms with Crippen LogP contribution in [-0.4, -0.2) is 24.1 Å². The molecule has 4 bridgehead atoms.